The van der Waals surface area contributed by atoms with Crippen LogP contribution in [0, 0.1) is 17.8 Å². The van der Waals surface area contributed by atoms with Gasteiger partial charge in [0.05, 0.1) is 12.7 Å². The fraction of sp³-hybridized carbons (Fsp3) is 0.882. The Bertz CT molecular complexity index is 362. The molecular formula is C17H29NO2. The second-order valence-electron chi connectivity index (χ2n) is 7.10. The van der Waals surface area contributed by atoms with Crippen LogP contribution in [0.4, 0.5) is 0 Å². The SMILES string of the molecule is CC1=C[C@@H](C)[C@@H]([C@@H]2OC[C@H](CN3CCCC3)O2)[C@@H](C)C1. The molecule has 1 aliphatic carbocycles. The minimum atomic E-state index is 0.0111. The summed E-state index contributed by atoms with van der Waals surface area (Å²) in [5.74, 6) is 1.74. The molecule has 2 aliphatic heterocycles. The molecule has 0 spiro atoms. The van der Waals surface area contributed by atoms with Crippen LogP contribution in [0.3, 0.4) is 0 Å². The summed E-state index contributed by atoms with van der Waals surface area (Å²) >= 11 is 0. The van der Waals surface area contributed by atoms with Gasteiger partial charge in [0.2, 0.25) is 0 Å². The van der Waals surface area contributed by atoms with E-state index < -0.39 is 0 Å². The third-order valence-electron chi connectivity index (χ3n) is 5.20. The molecule has 0 aromatic carbocycles. The molecule has 3 rings (SSSR count). The number of ether oxygens (including phenoxy) is 2. The Morgan fingerprint density at radius 1 is 1.25 bits per heavy atom. The van der Waals surface area contributed by atoms with Crippen molar-refractivity contribution in [1.82, 2.24) is 4.90 Å². The second-order valence-corrected chi connectivity index (χ2v) is 7.10. The normalized spacial score (nSPS) is 43.0. The van der Waals surface area contributed by atoms with Crippen LogP contribution >= 0.6 is 0 Å². The average molecular weight is 279 g/mol. The summed E-state index contributed by atoms with van der Waals surface area (Å²) in [4.78, 5) is 2.52. The lowest BCUT2D eigenvalue weighted by molar-refractivity contribution is -0.123. The van der Waals surface area contributed by atoms with Crippen LogP contribution in [-0.2, 0) is 9.47 Å². The first kappa shape index (κ1) is 14.6. The van der Waals surface area contributed by atoms with Crippen molar-refractivity contribution in [2.45, 2.75) is 52.4 Å². The van der Waals surface area contributed by atoms with Gasteiger partial charge in [0.1, 0.15) is 0 Å². The molecule has 3 heteroatoms. The number of hydrogen-bond donors (Lipinski definition) is 0. The summed E-state index contributed by atoms with van der Waals surface area (Å²) in [5, 5.41) is 0. The number of rotatable bonds is 3. The Labute approximate surface area is 123 Å². The third-order valence-corrected chi connectivity index (χ3v) is 5.20. The Morgan fingerprint density at radius 2 is 2.00 bits per heavy atom. The van der Waals surface area contributed by atoms with E-state index >= 15 is 0 Å². The minimum absolute atomic E-state index is 0.0111. The predicted molar refractivity (Wildman–Crippen MR) is 80.5 cm³/mol. The summed E-state index contributed by atoms with van der Waals surface area (Å²) < 4.78 is 12.3. The van der Waals surface area contributed by atoms with Crippen LogP contribution in [-0.4, -0.2) is 43.5 Å². The molecule has 0 radical (unpaired) electrons. The lowest BCUT2D eigenvalue weighted by atomic mass is 9.74. The lowest BCUT2D eigenvalue weighted by Gasteiger charge is -2.36. The molecular weight excluding hydrogens is 250 g/mol. The Hall–Kier alpha value is -0.380. The van der Waals surface area contributed by atoms with Crippen molar-refractivity contribution in [2.24, 2.45) is 17.8 Å². The van der Waals surface area contributed by atoms with Crippen molar-refractivity contribution in [3.05, 3.63) is 11.6 Å². The van der Waals surface area contributed by atoms with Gasteiger partial charge in [0.15, 0.2) is 6.29 Å². The molecule has 0 N–H and O–H groups in total. The summed E-state index contributed by atoms with van der Waals surface area (Å²) in [6.45, 7) is 11.2. The van der Waals surface area contributed by atoms with E-state index in [1.165, 1.54) is 37.9 Å². The van der Waals surface area contributed by atoms with Crippen LogP contribution in [0.1, 0.15) is 40.0 Å². The highest BCUT2D eigenvalue weighted by Gasteiger charge is 2.40. The van der Waals surface area contributed by atoms with Gasteiger partial charge >= 0.3 is 0 Å². The number of nitrogens with zero attached hydrogens (tertiary/aromatic N) is 1. The maximum absolute atomic E-state index is 6.25. The molecule has 2 heterocycles. The van der Waals surface area contributed by atoms with Crippen LogP contribution in [0.5, 0.6) is 0 Å². The molecule has 0 amide bonds. The largest absolute Gasteiger partial charge is 0.350 e. The Morgan fingerprint density at radius 3 is 2.70 bits per heavy atom. The van der Waals surface area contributed by atoms with Crippen LogP contribution < -0.4 is 0 Å². The van der Waals surface area contributed by atoms with Crippen molar-refractivity contribution in [2.75, 3.05) is 26.2 Å². The zero-order valence-electron chi connectivity index (χ0n) is 13.2. The molecule has 0 unspecified atom stereocenters. The monoisotopic (exact) mass is 279 g/mol. The Balaban J connectivity index is 1.56. The summed E-state index contributed by atoms with van der Waals surface area (Å²) in [5.41, 5.74) is 1.52. The standard InChI is InChI=1S/C17H29NO2/c1-12-8-13(2)16(14(3)9-12)17-19-11-15(20-17)10-18-6-4-5-7-18/h8,13-17H,4-7,9-11H2,1-3H3/t13-,14+,15+,16-,17-/m1/s1. The highest BCUT2D eigenvalue weighted by Crippen LogP contribution is 2.39. The van der Waals surface area contributed by atoms with Gasteiger partial charge in [0.25, 0.3) is 0 Å². The van der Waals surface area contributed by atoms with Gasteiger partial charge in [-0.05, 0) is 51.1 Å². The molecule has 20 heavy (non-hydrogen) atoms. The fourth-order valence-corrected chi connectivity index (χ4v) is 4.33. The van der Waals surface area contributed by atoms with E-state index in [4.69, 9.17) is 9.47 Å². The van der Waals surface area contributed by atoms with Crippen LogP contribution in [0.2, 0.25) is 0 Å². The zero-order valence-corrected chi connectivity index (χ0v) is 13.2. The number of likely N-dealkylation sites (tertiary alicyclic amines) is 1. The highest BCUT2D eigenvalue weighted by atomic mass is 16.7. The van der Waals surface area contributed by atoms with Crippen molar-refractivity contribution < 1.29 is 9.47 Å². The van der Waals surface area contributed by atoms with Gasteiger partial charge in [0, 0.05) is 12.5 Å². The van der Waals surface area contributed by atoms with E-state index in [1.54, 1.807) is 0 Å². The molecule has 2 saturated heterocycles. The summed E-state index contributed by atoms with van der Waals surface area (Å²) in [6, 6.07) is 0. The maximum Gasteiger partial charge on any atom is 0.161 e. The van der Waals surface area contributed by atoms with Gasteiger partial charge in [-0.25, -0.2) is 0 Å². The van der Waals surface area contributed by atoms with Crippen molar-refractivity contribution in [1.29, 1.82) is 0 Å². The predicted octanol–water partition coefficient (Wildman–Crippen LogP) is 3.06. The summed E-state index contributed by atoms with van der Waals surface area (Å²) in [7, 11) is 0. The molecule has 0 aromatic heterocycles. The van der Waals surface area contributed by atoms with Crippen molar-refractivity contribution in [3.63, 3.8) is 0 Å². The maximum atomic E-state index is 6.25. The van der Waals surface area contributed by atoms with E-state index in [0.717, 1.165) is 13.2 Å². The first-order chi connectivity index (χ1) is 9.63. The van der Waals surface area contributed by atoms with E-state index in [2.05, 4.69) is 31.7 Å². The summed E-state index contributed by atoms with van der Waals surface area (Å²) in [6.07, 6.45) is 6.58. The molecule has 3 aliphatic rings. The number of allylic oxidation sites excluding steroid dienone is 2. The lowest BCUT2D eigenvalue weighted by Crippen LogP contribution is -2.36. The van der Waals surface area contributed by atoms with E-state index in [0.29, 0.717) is 17.8 Å². The average Bonchev–Trinajstić information content (AvgIpc) is 3.00. The molecule has 3 nitrogen and oxygen atoms in total. The molecule has 0 bridgehead atoms. The van der Waals surface area contributed by atoms with Crippen LogP contribution in [0.25, 0.3) is 0 Å². The zero-order chi connectivity index (χ0) is 14.1. The van der Waals surface area contributed by atoms with Gasteiger partial charge in [-0.2, -0.15) is 0 Å². The first-order valence-corrected chi connectivity index (χ1v) is 8.30. The van der Waals surface area contributed by atoms with E-state index in [-0.39, 0.29) is 12.4 Å². The van der Waals surface area contributed by atoms with Gasteiger partial charge in [-0.15, -0.1) is 0 Å². The fourth-order valence-electron chi connectivity index (χ4n) is 4.33. The van der Waals surface area contributed by atoms with E-state index in [9.17, 15) is 0 Å². The van der Waals surface area contributed by atoms with Gasteiger partial charge in [-0.3, -0.25) is 0 Å². The first-order valence-electron chi connectivity index (χ1n) is 8.30. The van der Waals surface area contributed by atoms with E-state index in [1.807, 2.05) is 0 Å². The topological polar surface area (TPSA) is 21.7 Å². The minimum Gasteiger partial charge on any atom is -0.350 e. The van der Waals surface area contributed by atoms with Crippen LogP contribution in [0.15, 0.2) is 11.6 Å². The van der Waals surface area contributed by atoms with Gasteiger partial charge in [-0.1, -0.05) is 25.5 Å². The second kappa shape index (κ2) is 6.17. The molecule has 5 atom stereocenters. The smallest absolute Gasteiger partial charge is 0.161 e. The number of hydrogen-bond acceptors (Lipinski definition) is 3. The third kappa shape index (κ3) is 3.10. The highest BCUT2D eigenvalue weighted by molar-refractivity contribution is 5.09. The molecule has 0 aromatic rings. The Kier molecular flexibility index (Phi) is 4.49. The molecule has 0 saturated carbocycles. The quantitative estimate of drug-likeness (QED) is 0.741. The molecule has 114 valence electrons. The molecule has 2 fully saturated rings. The van der Waals surface area contributed by atoms with Crippen molar-refractivity contribution in [3.8, 4) is 0 Å². The van der Waals surface area contributed by atoms with Crippen molar-refractivity contribution >= 4 is 0 Å². The van der Waals surface area contributed by atoms with Gasteiger partial charge < -0.3 is 14.4 Å².